The number of nitrogens with one attached hydrogen (secondary N) is 2. The summed E-state index contributed by atoms with van der Waals surface area (Å²) in [4.78, 5) is 14.5. The summed E-state index contributed by atoms with van der Waals surface area (Å²) in [5.41, 5.74) is 10.0. The number of nitrogens with two attached hydrogens (primary N) is 1. The van der Waals surface area contributed by atoms with E-state index in [9.17, 15) is 9.90 Å². The average molecular weight is 406 g/mol. The fraction of sp³-hybridized carbons (Fsp3) is 0.304. The molecule has 1 aliphatic heterocycles. The van der Waals surface area contributed by atoms with Gasteiger partial charge in [-0.15, -0.1) is 0 Å². The standard InChI is InChI=1S/C23H27N5O2/c24-22(30)21-20(26-27-23(21)25-15-17-6-10-19(29)11-7-17)14-16-4-8-18(9-5-16)28-12-2-1-3-13-28/h4-11,29H,1-3,12-15H2,(H2,24,30)(H2,25,26,27). The van der Waals surface area contributed by atoms with Gasteiger partial charge in [-0.25, -0.2) is 0 Å². The van der Waals surface area contributed by atoms with Crippen LogP contribution < -0.4 is 16.0 Å². The number of aromatic amines is 1. The molecule has 0 radical (unpaired) electrons. The number of phenols is 1. The molecule has 0 spiro atoms. The molecular weight excluding hydrogens is 378 g/mol. The van der Waals surface area contributed by atoms with E-state index in [1.54, 1.807) is 12.1 Å². The lowest BCUT2D eigenvalue weighted by molar-refractivity contribution is 0.100. The van der Waals surface area contributed by atoms with Gasteiger partial charge in [-0.05, 0) is 54.7 Å². The van der Waals surface area contributed by atoms with Crippen molar-refractivity contribution in [3.63, 3.8) is 0 Å². The van der Waals surface area contributed by atoms with Gasteiger partial charge in [0, 0.05) is 31.7 Å². The Morgan fingerprint density at radius 3 is 2.37 bits per heavy atom. The summed E-state index contributed by atoms with van der Waals surface area (Å²) < 4.78 is 0. The molecule has 1 aromatic heterocycles. The second kappa shape index (κ2) is 8.90. The lowest BCUT2D eigenvalue weighted by Gasteiger charge is -2.28. The van der Waals surface area contributed by atoms with Gasteiger partial charge in [-0.1, -0.05) is 24.3 Å². The van der Waals surface area contributed by atoms with Gasteiger partial charge >= 0.3 is 0 Å². The Morgan fingerprint density at radius 1 is 1.03 bits per heavy atom. The maximum absolute atomic E-state index is 12.1. The Balaban J connectivity index is 1.46. The summed E-state index contributed by atoms with van der Waals surface area (Å²) in [5.74, 6) is 0.136. The van der Waals surface area contributed by atoms with E-state index in [4.69, 9.17) is 5.73 Å². The van der Waals surface area contributed by atoms with Crippen LogP contribution in [0.25, 0.3) is 0 Å². The van der Waals surface area contributed by atoms with Gasteiger partial charge in [0.1, 0.15) is 11.3 Å². The summed E-state index contributed by atoms with van der Waals surface area (Å²) in [7, 11) is 0. The summed E-state index contributed by atoms with van der Waals surface area (Å²) >= 11 is 0. The highest BCUT2D eigenvalue weighted by Gasteiger charge is 2.19. The SMILES string of the molecule is NC(=O)c1c(NCc2ccc(O)cc2)n[nH]c1Cc1ccc(N2CCCCC2)cc1. The number of hydrogen-bond donors (Lipinski definition) is 4. The number of anilines is 2. The van der Waals surface area contributed by atoms with Crippen molar-refractivity contribution in [1.82, 2.24) is 10.2 Å². The Kier molecular flexibility index (Phi) is 5.88. The van der Waals surface area contributed by atoms with Gasteiger partial charge < -0.3 is 21.1 Å². The highest BCUT2D eigenvalue weighted by molar-refractivity contribution is 5.98. The number of hydrogen-bond acceptors (Lipinski definition) is 5. The van der Waals surface area contributed by atoms with Crippen LogP contribution in [0, 0.1) is 0 Å². The number of carbonyl (C=O) groups excluding carboxylic acids is 1. The molecular formula is C23H27N5O2. The second-order valence-corrected chi connectivity index (χ2v) is 7.70. The van der Waals surface area contributed by atoms with Crippen LogP contribution in [-0.4, -0.2) is 34.3 Å². The third-order valence-corrected chi connectivity index (χ3v) is 5.52. The van der Waals surface area contributed by atoms with Crippen LogP contribution in [0.4, 0.5) is 11.5 Å². The number of primary amides is 1. The summed E-state index contributed by atoms with van der Waals surface area (Å²) in [5, 5.41) is 19.8. The van der Waals surface area contributed by atoms with E-state index in [0.29, 0.717) is 30.0 Å². The molecule has 0 bridgehead atoms. The van der Waals surface area contributed by atoms with Crippen molar-refractivity contribution in [2.45, 2.75) is 32.2 Å². The third-order valence-electron chi connectivity index (χ3n) is 5.52. The molecule has 30 heavy (non-hydrogen) atoms. The quantitative estimate of drug-likeness (QED) is 0.482. The number of piperidine rings is 1. The predicted molar refractivity (Wildman–Crippen MR) is 118 cm³/mol. The number of rotatable bonds is 7. The number of aromatic hydroxyl groups is 1. The van der Waals surface area contributed by atoms with Crippen LogP contribution in [0.3, 0.4) is 0 Å². The zero-order valence-electron chi connectivity index (χ0n) is 16.9. The van der Waals surface area contributed by atoms with Crippen LogP contribution >= 0.6 is 0 Å². The van der Waals surface area contributed by atoms with Crippen molar-refractivity contribution < 1.29 is 9.90 Å². The Morgan fingerprint density at radius 2 is 1.70 bits per heavy atom. The molecule has 3 aromatic rings. The van der Waals surface area contributed by atoms with Crippen molar-refractivity contribution in [3.8, 4) is 5.75 Å². The maximum atomic E-state index is 12.1. The molecule has 4 rings (SSSR count). The van der Waals surface area contributed by atoms with Crippen LogP contribution in [0.1, 0.15) is 46.4 Å². The van der Waals surface area contributed by atoms with Crippen molar-refractivity contribution in [1.29, 1.82) is 0 Å². The zero-order valence-corrected chi connectivity index (χ0v) is 16.9. The lowest BCUT2D eigenvalue weighted by atomic mass is 10.0. The van der Waals surface area contributed by atoms with E-state index < -0.39 is 5.91 Å². The number of H-pyrrole nitrogens is 1. The van der Waals surface area contributed by atoms with E-state index in [0.717, 1.165) is 24.2 Å². The Bertz CT molecular complexity index is 989. The highest BCUT2D eigenvalue weighted by atomic mass is 16.3. The number of carbonyl (C=O) groups is 1. The van der Waals surface area contributed by atoms with Crippen molar-refractivity contribution in [2.75, 3.05) is 23.3 Å². The molecule has 1 fully saturated rings. The summed E-state index contributed by atoms with van der Waals surface area (Å²) in [6.45, 7) is 2.69. The molecule has 1 saturated heterocycles. The molecule has 2 heterocycles. The molecule has 0 aliphatic carbocycles. The Labute approximate surface area is 175 Å². The van der Waals surface area contributed by atoms with Gasteiger partial charge in [0.15, 0.2) is 5.82 Å². The number of amides is 1. The predicted octanol–water partition coefficient (Wildman–Crippen LogP) is 3.41. The first kappa shape index (κ1) is 19.8. The monoisotopic (exact) mass is 405 g/mol. The lowest BCUT2D eigenvalue weighted by Crippen LogP contribution is -2.29. The number of nitrogens with zero attached hydrogens (tertiary/aromatic N) is 2. The van der Waals surface area contributed by atoms with E-state index >= 15 is 0 Å². The van der Waals surface area contributed by atoms with Gasteiger partial charge in [0.25, 0.3) is 5.91 Å². The van der Waals surface area contributed by atoms with E-state index in [2.05, 4.69) is 44.7 Å². The minimum Gasteiger partial charge on any atom is -0.508 e. The van der Waals surface area contributed by atoms with Crippen LogP contribution in [0.5, 0.6) is 5.75 Å². The van der Waals surface area contributed by atoms with E-state index in [1.807, 2.05) is 12.1 Å². The van der Waals surface area contributed by atoms with Gasteiger partial charge in [-0.2, -0.15) is 5.10 Å². The first-order chi connectivity index (χ1) is 14.6. The number of phenolic OH excluding ortho intramolecular Hbond substituents is 1. The minimum atomic E-state index is -0.517. The first-order valence-corrected chi connectivity index (χ1v) is 10.3. The summed E-state index contributed by atoms with van der Waals surface area (Å²) in [6, 6.07) is 15.3. The molecule has 7 heteroatoms. The van der Waals surface area contributed by atoms with Gasteiger partial charge in [0.2, 0.25) is 0 Å². The topological polar surface area (TPSA) is 107 Å². The average Bonchev–Trinajstić information content (AvgIpc) is 3.17. The second-order valence-electron chi connectivity index (χ2n) is 7.70. The molecule has 0 saturated carbocycles. The molecule has 0 unspecified atom stereocenters. The van der Waals surface area contributed by atoms with Crippen LogP contribution in [0.2, 0.25) is 0 Å². The molecule has 1 amide bonds. The first-order valence-electron chi connectivity index (χ1n) is 10.3. The normalized spacial score (nSPS) is 13.9. The van der Waals surface area contributed by atoms with Gasteiger partial charge in [-0.3, -0.25) is 9.89 Å². The van der Waals surface area contributed by atoms with Crippen LogP contribution in [-0.2, 0) is 13.0 Å². The molecule has 156 valence electrons. The highest BCUT2D eigenvalue weighted by Crippen LogP contribution is 2.23. The smallest absolute Gasteiger partial charge is 0.254 e. The third kappa shape index (κ3) is 4.56. The number of aromatic nitrogens is 2. The van der Waals surface area contributed by atoms with Crippen molar-refractivity contribution >= 4 is 17.4 Å². The summed E-state index contributed by atoms with van der Waals surface area (Å²) in [6.07, 6.45) is 4.36. The molecule has 1 aliphatic rings. The maximum Gasteiger partial charge on any atom is 0.254 e. The molecule has 7 nitrogen and oxygen atoms in total. The van der Waals surface area contributed by atoms with Gasteiger partial charge in [0.05, 0.1) is 5.69 Å². The number of benzene rings is 2. The van der Waals surface area contributed by atoms with E-state index in [-0.39, 0.29) is 5.75 Å². The van der Waals surface area contributed by atoms with Crippen molar-refractivity contribution in [3.05, 3.63) is 70.9 Å². The largest absolute Gasteiger partial charge is 0.508 e. The minimum absolute atomic E-state index is 0.213. The molecule has 0 atom stereocenters. The molecule has 2 aromatic carbocycles. The van der Waals surface area contributed by atoms with Crippen molar-refractivity contribution in [2.24, 2.45) is 5.73 Å². The molecule has 5 N–H and O–H groups in total. The zero-order chi connectivity index (χ0) is 20.9. The van der Waals surface area contributed by atoms with Crippen LogP contribution in [0.15, 0.2) is 48.5 Å². The fourth-order valence-corrected chi connectivity index (χ4v) is 3.88. The Hall–Kier alpha value is -3.48. The van der Waals surface area contributed by atoms with E-state index in [1.165, 1.54) is 24.9 Å². The fourth-order valence-electron chi connectivity index (χ4n) is 3.88.